The molecule has 0 aromatic heterocycles. The molecule has 2 fully saturated rings. The summed E-state index contributed by atoms with van der Waals surface area (Å²) in [5, 5.41) is 2.98. The molecule has 7 heteroatoms. The molecule has 1 aromatic rings. The number of nitrogens with zero attached hydrogens (tertiary/aromatic N) is 2. The second-order valence-electron chi connectivity index (χ2n) is 9.86. The van der Waals surface area contributed by atoms with Gasteiger partial charge in [0.1, 0.15) is 6.04 Å². The number of rotatable bonds is 6. The lowest BCUT2D eigenvalue weighted by atomic mass is 9.94. The maximum atomic E-state index is 12.8. The lowest BCUT2D eigenvalue weighted by Gasteiger charge is -2.30. The Kier molecular flexibility index (Phi) is 7.36. The van der Waals surface area contributed by atoms with E-state index in [1.54, 1.807) is 4.90 Å². The first-order chi connectivity index (χ1) is 14.6. The van der Waals surface area contributed by atoms with Gasteiger partial charge in [0, 0.05) is 30.1 Å². The third-order valence-corrected chi connectivity index (χ3v) is 6.39. The van der Waals surface area contributed by atoms with E-state index in [1.165, 1.54) is 5.56 Å². The summed E-state index contributed by atoms with van der Waals surface area (Å²) in [6.07, 6.45) is 4.17. The quantitative estimate of drug-likeness (QED) is 0.727. The summed E-state index contributed by atoms with van der Waals surface area (Å²) in [5.41, 5.74) is 6.88. The fourth-order valence-electron chi connectivity index (χ4n) is 4.42. The van der Waals surface area contributed by atoms with Crippen LogP contribution in [0.1, 0.15) is 52.0 Å². The average molecular weight is 429 g/mol. The molecule has 7 nitrogen and oxygen atoms in total. The summed E-state index contributed by atoms with van der Waals surface area (Å²) in [5.74, 6) is -0.241. The number of nitrogens with two attached hydrogens (primary N) is 1. The largest absolute Gasteiger partial charge is 0.369 e. The molecule has 0 saturated carbocycles. The summed E-state index contributed by atoms with van der Waals surface area (Å²) in [6.45, 7) is 9.08. The van der Waals surface area contributed by atoms with Crippen molar-refractivity contribution in [3.05, 3.63) is 29.8 Å². The minimum atomic E-state index is -0.486. The van der Waals surface area contributed by atoms with Crippen LogP contribution in [0.5, 0.6) is 0 Å². The van der Waals surface area contributed by atoms with Crippen LogP contribution in [0.3, 0.4) is 0 Å². The number of amides is 3. The van der Waals surface area contributed by atoms with Crippen molar-refractivity contribution >= 4 is 23.4 Å². The summed E-state index contributed by atoms with van der Waals surface area (Å²) in [4.78, 5) is 40.8. The van der Waals surface area contributed by atoms with E-state index in [2.05, 4.69) is 10.2 Å². The van der Waals surface area contributed by atoms with Gasteiger partial charge in [0.25, 0.3) is 0 Å². The Bertz CT molecular complexity index is 792. The monoisotopic (exact) mass is 428 g/mol. The normalized spacial score (nSPS) is 20.6. The number of benzene rings is 1. The summed E-state index contributed by atoms with van der Waals surface area (Å²) < 4.78 is 0. The van der Waals surface area contributed by atoms with E-state index in [0.29, 0.717) is 13.0 Å². The maximum absolute atomic E-state index is 12.8. The lowest BCUT2D eigenvalue weighted by molar-refractivity contribution is -0.143. The Balaban J connectivity index is 1.48. The molecule has 3 rings (SSSR count). The van der Waals surface area contributed by atoms with Crippen molar-refractivity contribution in [3.63, 3.8) is 0 Å². The van der Waals surface area contributed by atoms with Crippen LogP contribution in [0.15, 0.2) is 24.3 Å². The van der Waals surface area contributed by atoms with Crippen molar-refractivity contribution in [2.45, 2.75) is 58.9 Å². The van der Waals surface area contributed by atoms with Crippen LogP contribution >= 0.6 is 0 Å². The van der Waals surface area contributed by atoms with Gasteiger partial charge in [-0.1, -0.05) is 32.9 Å². The zero-order valence-corrected chi connectivity index (χ0v) is 19.0. The van der Waals surface area contributed by atoms with Gasteiger partial charge in [-0.3, -0.25) is 14.4 Å². The van der Waals surface area contributed by atoms with Gasteiger partial charge in [-0.25, -0.2) is 0 Å². The first kappa shape index (κ1) is 23.3. The van der Waals surface area contributed by atoms with Crippen LogP contribution in [-0.2, 0) is 20.8 Å². The van der Waals surface area contributed by atoms with E-state index in [4.69, 9.17) is 5.73 Å². The SMILES string of the molecule is CC(C)(C)C(=O)N1CCCC1C(=O)Nc1ccc(CCN2CCC(C(N)=O)CC2)cc1. The number of primary amides is 1. The molecule has 0 aliphatic carbocycles. The second-order valence-corrected chi connectivity index (χ2v) is 9.86. The van der Waals surface area contributed by atoms with Crippen molar-refractivity contribution in [1.29, 1.82) is 0 Å². The predicted molar refractivity (Wildman–Crippen MR) is 121 cm³/mol. The molecule has 31 heavy (non-hydrogen) atoms. The maximum Gasteiger partial charge on any atom is 0.247 e. The number of carbonyl (C=O) groups excluding carboxylic acids is 3. The molecular formula is C24H36N4O3. The second kappa shape index (κ2) is 9.81. The van der Waals surface area contributed by atoms with Crippen LogP contribution in [0, 0.1) is 11.3 Å². The van der Waals surface area contributed by atoms with Gasteiger partial charge in [0.05, 0.1) is 0 Å². The summed E-state index contributed by atoms with van der Waals surface area (Å²) in [6, 6.07) is 7.54. The van der Waals surface area contributed by atoms with Crippen LogP contribution in [0.25, 0.3) is 0 Å². The standard InChI is InChI=1S/C24H36N4O3/c1-24(2,3)23(31)28-13-4-5-20(28)22(30)26-19-8-6-17(7-9-19)10-14-27-15-11-18(12-16-27)21(25)29/h6-9,18,20H,4-5,10-16H2,1-3H3,(H2,25,29)(H,26,30). The van der Waals surface area contributed by atoms with E-state index < -0.39 is 11.5 Å². The first-order valence-electron chi connectivity index (χ1n) is 11.4. The average Bonchev–Trinajstić information content (AvgIpc) is 3.22. The van der Waals surface area contributed by atoms with Crippen molar-refractivity contribution in [2.75, 3.05) is 31.5 Å². The number of likely N-dealkylation sites (tertiary alicyclic amines) is 2. The topological polar surface area (TPSA) is 95.7 Å². The van der Waals surface area contributed by atoms with E-state index in [0.717, 1.165) is 51.0 Å². The van der Waals surface area contributed by atoms with Crippen molar-refractivity contribution < 1.29 is 14.4 Å². The van der Waals surface area contributed by atoms with Crippen molar-refractivity contribution in [1.82, 2.24) is 9.80 Å². The molecule has 3 amide bonds. The van der Waals surface area contributed by atoms with Crippen LogP contribution < -0.4 is 11.1 Å². The minimum absolute atomic E-state index is 0.0219. The molecule has 2 aliphatic rings. The molecule has 2 saturated heterocycles. The minimum Gasteiger partial charge on any atom is -0.369 e. The Morgan fingerprint density at radius 2 is 1.68 bits per heavy atom. The van der Waals surface area contributed by atoms with E-state index >= 15 is 0 Å². The number of anilines is 1. The molecule has 2 heterocycles. The van der Waals surface area contributed by atoms with Gasteiger partial charge < -0.3 is 20.9 Å². The fourth-order valence-corrected chi connectivity index (χ4v) is 4.42. The Morgan fingerprint density at radius 3 is 2.26 bits per heavy atom. The predicted octanol–water partition coefficient (Wildman–Crippen LogP) is 2.40. The smallest absolute Gasteiger partial charge is 0.247 e. The molecular weight excluding hydrogens is 392 g/mol. The van der Waals surface area contributed by atoms with Crippen LogP contribution in [0.4, 0.5) is 5.69 Å². The van der Waals surface area contributed by atoms with E-state index in [1.807, 2.05) is 45.0 Å². The third-order valence-electron chi connectivity index (χ3n) is 6.39. The highest BCUT2D eigenvalue weighted by atomic mass is 16.2. The van der Waals surface area contributed by atoms with Crippen LogP contribution in [0.2, 0.25) is 0 Å². The Labute approximate surface area is 185 Å². The summed E-state index contributed by atoms with van der Waals surface area (Å²) >= 11 is 0. The van der Waals surface area contributed by atoms with E-state index in [-0.39, 0.29) is 23.6 Å². The zero-order valence-electron chi connectivity index (χ0n) is 19.0. The molecule has 2 aliphatic heterocycles. The highest BCUT2D eigenvalue weighted by Crippen LogP contribution is 2.26. The van der Waals surface area contributed by atoms with Gasteiger partial charge >= 0.3 is 0 Å². The fraction of sp³-hybridized carbons (Fsp3) is 0.625. The molecule has 0 bridgehead atoms. The third kappa shape index (κ3) is 6.06. The Morgan fingerprint density at radius 1 is 1.03 bits per heavy atom. The molecule has 1 unspecified atom stereocenters. The number of piperidine rings is 1. The number of nitrogens with one attached hydrogen (secondary N) is 1. The van der Waals surface area contributed by atoms with Gasteiger partial charge in [0.15, 0.2) is 0 Å². The van der Waals surface area contributed by atoms with Crippen molar-refractivity contribution in [3.8, 4) is 0 Å². The first-order valence-corrected chi connectivity index (χ1v) is 11.4. The molecule has 1 aromatic carbocycles. The van der Waals surface area contributed by atoms with Gasteiger partial charge in [0.2, 0.25) is 17.7 Å². The highest BCUT2D eigenvalue weighted by Gasteiger charge is 2.38. The molecule has 0 spiro atoms. The van der Waals surface area contributed by atoms with Gasteiger partial charge in [-0.05, 0) is 62.9 Å². The van der Waals surface area contributed by atoms with Gasteiger partial charge in [-0.15, -0.1) is 0 Å². The Hall–Kier alpha value is -2.41. The summed E-state index contributed by atoms with van der Waals surface area (Å²) in [7, 11) is 0. The number of hydrogen-bond donors (Lipinski definition) is 2. The van der Waals surface area contributed by atoms with E-state index in [9.17, 15) is 14.4 Å². The molecule has 3 N–H and O–H groups in total. The molecule has 1 atom stereocenters. The zero-order chi connectivity index (χ0) is 22.6. The number of hydrogen-bond acceptors (Lipinski definition) is 4. The highest BCUT2D eigenvalue weighted by molar-refractivity contribution is 5.98. The number of carbonyl (C=O) groups is 3. The van der Waals surface area contributed by atoms with Crippen LogP contribution in [-0.4, -0.2) is 59.7 Å². The molecule has 170 valence electrons. The lowest BCUT2D eigenvalue weighted by Crippen LogP contribution is -2.47. The van der Waals surface area contributed by atoms with Crippen molar-refractivity contribution in [2.24, 2.45) is 17.1 Å². The van der Waals surface area contributed by atoms with Gasteiger partial charge in [-0.2, -0.15) is 0 Å². The molecule has 0 radical (unpaired) electrons.